The van der Waals surface area contributed by atoms with E-state index in [-0.39, 0.29) is 11.1 Å². The lowest BCUT2D eigenvalue weighted by molar-refractivity contribution is -0.384. The van der Waals surface area contributed by atoms with Crippen LogP contribution in [0, 0.1) is 10.1 Å². The maximum atomic E-state index is 12.3. The molecule has 7 nitrogen and oxygen atoms in total. The summed E-state index contributed by atoms with van der Waals surface area (Å²) in [5, 5.41) is 17.6. The summed E-state index contributed by atoms with van der Waals surface area (Å²) in [6.07, 6.45) is 0. The third-order valence-corrected chi connectivity index (χ3v) is 3.22. The summed E-state index contributed by atoms with van der Waals surface area (Å²) in [6.45, 7) is 1.72. The van der Waals surface area contributed by atoms with E-state index in [0.717, 1.165) is 0 Å². The molecule has 0 bridgehead atoms. The van der Waals surface area contributed by atoms with Crippen LogP contribution in [0.3, 0.4) is 0 Å². The van der Waals surface area contributed by atoms with E-state index in [0.29, 0.717) is 22.6 Å². The van der Waals surface area contributed by atoms with Crippen molar-refractivity contribution in [1.29, 1.82) is 0 Å². The molecule has 0 unspecified atom stereocenters. The van der Waals surface area contributed by atoms with Crippen molar-refractivity contribution in [1.82, 2.24) is 0 Å². The molecule has 23 heavy (non-hydrogen) atoms. The zero-order valence-corrected chi connectivity index (χ0v) is 12.7. The van der Waals surface area contributed by atoms with Crippen molar-refractivity contribution in [2.45, 2.75) is 6.92 Å². The second-order valence-corrected chi connectivity index (χ2v) is 4.74. The molecule has 0 heterocycles. The Hall–Kier alpha value is -3.22. The number of rotatable bonds is 5. The van der Waals surface area contributed by atoms with Gasteiger partial charge in [0, 0.05) is 24.7 Å². The Morgan fingerprint density at radius 1 is 1.13 bits per heavy atom. The zero-order chi connectivity index (χ0) is 16.8. The van der Waals surface area contributed by atoms with Gasteiger partial charge in [-0.05, 0) is 31.2 Å². The molecule has 0 aliphatic heterocycles. The van der Waals surface area contributed by atoms with Gasteiger partial charge in [-0.1, -0.05) is 12.1 Å². The van der Waals surface area contributed by atoms with Crippen LogP contribution in [0.15, 0.2) is 58.4 Å². The third-order valence-electron chi connectivity index (χ3n) is 3.22. The van der Waals surface area contributed by atoms with Gasteiger partial charge in [0.05, 0.1) is 22.0 Å². The number of hydrogen-bond donors (Lipinski definition) is 2. The highest BCUT2D eigenvalue weighted by Gasteiger charge is 2.06. The van der Waals surface area contributed by atoms with E-state index in [1.807, 2.05) is 0 Å². The Bertz CT molecular complexity index is 801. The summed E-state index contributed by atoms with van der Waals surface area (Å²) in [5.74, 6) is 0. The molecule has 0 radical (unpaired) electrons. The number of non-ortho nitro benzene ring substituents is 1. The van der Waals surface area contributed by atoms with E-state index in [1.54, 1.807) is 50.4 Å². The van der Waals surface area contributed by atoms with Gasteiger partial charge in [0.15, 0.2) is 0 Å². The number of nitrogens with one attached hydrogen (secondary N) is 2. The van der Waals surface area contributed by atoms with Gasteiger partial charge in [-0.2, -0.15) is 5.10 Å². The number of benzene rings is 1. The summed E-state index contributed by atoms with van der Waals surface area (Å²) < 4.78 is 0. The van der Waals surface area contributed by atoms with E-state index >= 15 is 0 Å². The summed E-state index contributed by atoms with van der Waals surface area (Å²) in [5.41, 5.74) is 4.70. The fourth-order valence-corrected chi connectivity index (χ4v) is 1.95. The highest BCUT2D eigenvalue weighted by Crippen LogP contribution is 2.15. The standard InChI is InChI=1S/C16H16N4O3/c1-11(14-5-3-4-6-15(17-2)16(14)21)18-19-12-7-9-13(10-8-12)20(22)23/h3-10,19H,1-2H3,(H,17,21)/b18-11-. The largest absolute Gasteiger partial charge is 0.385 e. The molecule has 2 aromatic rings. The Balaban J connectivity index is 2.26. The van der Waals surface area contributed by atoms with Crippen molar-refractivity contribution in [2.24, 2.45) is 5.10 Å². The van der Waals surface area contributed by atoms with Crippen molar-refractivity contribution >= 4 is 22.8 Å². The summed E-state index contributed by atoms with van der Waals surface area (Å²) in [4.78, 5) is 22.5. The fourth-order valence-electron chi connectivity index (χ4n) is 1.95. The van der Waals surface area contributed by atoms with Crippen LogP contribution in [0.5, 0.6) is 0 Å². The normalized spacial score (nSPS) is 11.0. The molecular formula is C16H16N4O3. The van der Waals surface area contributed by atoms with Crippen LogP contribution < -0.4 is 16.2 Å². The topological polar surface area (TPSA) is 96.6 Å². The lowest BCUT2D eigenvalue weighted by atomic mass is 10.2. The molecular weight excluding hydrogens is 296 g/mol. The average molecular weight is 312 g/mol. The predicted molar refractivity (Wildman–Crippen MR) is 91.2 cm³/mol. The van der Waals surface area contributed by atoms with Gasteiger partial charge >= 0.3 is 0 Å². The van der Waals surface area contributed by atoms with Crippen LogP contribution in [-0.4, -0.2) is 17.7 Å². The van der Waals surface area contributed by atoms with Crippen molar-refractivity contribution in [3.8, 4) is 0 Å². The molecule has 0 aliphatic rings. The minimum atomic E-state index is -0.467. The fraction of sp³-hybridized carbons (Fsp3) is 0.125. The van der Waals surface area contributed by atoms with Crippen LogP contribution in [0.1, 0.15) is 12.5 Å². The molecule has 118 valence electrons. The van der Waals surface area contributed by atoms with Crippen molar-refractivity contribution in [3.05, 3.63) is 74.4 Å². The molecule has 7 heteroatoms. The Morgan fingerprint density at radius 2 is 1.78 bits per heavy atom. The molecule has 2 aromatic carbocycles. The number of hydrazone groups is 1. The van der Waals surface area contributed by atoms with E-state index in [9.17, 15) is 14.9 Å². The van der Waals surface area contributed by atoms with Gasteiger partial charge in [-0.25, -0.2) is 0 Å². The van der Waals surface area contributed by atoms with E-state index < -0.39 is 4.92 Å². The molecule has 0 fully saturated rings. The molecule has 2 N–H and O–H groups in total. The summed E-state index contributed by atoms with van der Waals surface area (Å²) in [6, 6.07) is 12.8. The molecule has 0 saturated carbocycles. The summed E-state index contributed by atoms with van der Waals surface area (Å²) in [7, 11) is 1.68. The van der Waals surface area contributed by atoms with Crippen LogP contribution in [0.25, 0.3) is 0 Å². The second-order valence-electron chi connectivity index (χ2n) is 4.74. The number of anilines is 2. The van der Waals surface area contributed by atoms with E-state index in [2.05, 4.69) is 15.8 Å². The minimum absolute atomic E-state index is 0.00634. The van der Waals surface area contributed by atoms with Crippen LogP contribution in [-0.2, 0) is 0 Å². The first-order valence-corrected chi connectivity index (χ1v) is 6.89. The van der Waals surface area contributed by atoms with Gasteiger partial charge in [-0.15, -0.1) is 0 Å². The Kier molecular flexibility index (Phi) is 5.03. The predicted octanol–water partition coefficient (Wildman–Crippen LogP) is 2.83. The van der Waals surface area contributed by atoms with Crippen LogP contribution in [0.4, 0.5) is 17.1 Å². The monoisotopic (exact) mass is 312 g/mol. The van der Waals surface area contributed by atoms with Gasteiger partial charge in [-0.3, -0.25) is 20.3 Å². The number of nitro benzene ring substituents is 1. The maximum absolute atomic E-state index is 12.3. The van der Waals surface area contributed by atoms with Crippen molar-refractivity contribution < 1.29 is 4.92 Å². The maximum Gasteiger partial charge on any atom is 0.269 e. The first-order valence-electron chi connectivity index (χ1n) is 6.89. The number of nitro groups is 1. The highest BCUT2D eigenvalue weighted by atomic mass is 16.6. The lowest BCUT2D eigenvalue weighted by Gasteiger charge is -2.03. The second kappa shape index (κ2) is 7.17. The lowest BCUT2D eigenvalue weighted by Crippen LogP contribution is -2.15. The highest BCUT2D eigenvalue weighted by molar-refractivity contribution is 5.99. The first-order chi connectivity index (χ1) is 11.0. The molecule has 0 saturated heterocycles. The smallest absolute Gasteiger partial charge is 0.269 e. The first kappa shape index (κ1) is 16.2. The van der Waals surface area contributed by atoms with Gasteiger partial charge < -0.3 is 5.32 Å². The molecule has 0 aliphatic carbocycles. The molecule has 0 spiro atoms. The quantitative estimate of drug-likeness (QED) is 0.503. The van der Waals surface area contributed by atoms with Gasteiger partial charge in [0.25, 0.3) is 5.69 Å². The van der Waals surface area contributed by atoms with Crippen molar-refractivity contribution in [2.75, 3.05) is 17.8 Å². The molecule has 0 aromatic heterocycles. The Labute approximate surface area is 132 Å². The Morgan fingerprint density at radius 3 is 2.39 bits per heavy atom. The SMILES string of the molecule is CNc1ccccc(/C(C)=N\Nc2ccc([N+](=O)[O-])cc2)c1=O. The van der Waals surface area contributed by atoms with Crippen molar-refractivity contribution in [3.63, 3.8) is 0 Å². The van der Waals surface area contributed by atoms with Gasteiger partial charge in [0.2, 0.25) is 5.43 Å². The average Bonchev–Trinajstić information content (AvgIpc) is 2.74. The van der Waals surface area contributed by atoms with Gasteiger partial charge in [0.1, 0.15) is 0 Å². The minimum Gasteiger partial charge on any atom is -0.385 e. The molecule has 0 atom stereocenters. The number of nitrogens with zero attached hydrogens (tertiary/aromatic N) is 2. The van der Waals surface area contributed by atoms with E-state index in [1.165, 1.54) is 12.1 Å². The van der Waals surface area contributed by atoms with E-state index in [4.69, 9.17) is 0 Å². The number of hydrogen-bond acceptors (Lipinski definition) is 6. The third kappa shape index (κ3) is 3.91. The zero-order valence-electron chi connectivity index (χ0n) is 12.7. The molecule has 0 amide bonds. The van der Waals surface area contributed by atoms with Crippen LogP contribution in [0.2, 0.25) is 0 Å². The molecule has 2 rings (SSSR count). The van der Waals surface area contributed by atoms with Crippen LogP contribution >= 0.6 is 0 Å². The summed E-state index contributed by atoms with van der Waals surface area (Å²) >= 11 is 0.